The molecular formula is C16H16N4O2. The molecule has 0 radical (unpaired) electrons. The zero-order valence-corrected chi connectivity index (χ0v) is 12.4. The summed E-state index contributed by atoms with van der Waals surface area (Å²) in [6.45, 7) is 1.91. The third-order valence-electron chi connectivity index (χ3n) is 3.37. The molecule has 0 fully saturated rings. The molecule has 3 rings (SSSR count). The summed E-state index contributed by atoms with van der Waals surface area (Å²) in [5.74, 6) is 0.893. The highest BCUT2D eigenvalue weighted by atomic mass is 16.5. The average Bonchev–Trinajstić information content (AvgIpc) is 3.03. The van der Waals surface area contributed by atoms with Gasteiger partial charge in [-0.2, -0.15) is 4.98 Å². The topological polar surface area (TPSA) is 73.9 Å². The SMILES string of the molecule is COC(Cc1ccccc1)c1nc(-c2ncncc2C)no1. The Bertz CT molecular complexity index is 743. The molecule has 0 saturated heterocycles. The second-order valence-corrected chi connectivity index (χ2v) is 4.92. The molecule has 2 heterocycles. The molecule has 22 heavy (non-hydrogen) atoms. The first-order valence-corrected chi connectivity index (χ1v) is 6.95. The molecule has 0 amide bonds. The quantitative estimate of drug-likeness (QED) is 0.720. The first-order valence-electron chi connectivity index (χ1n) is 6.95. The standard InChI is InChI=1S/C16H16N4O2/c1-11-9-17-10-18-14(11)15-19-16(22-20-15)13(21-2)8-12-6-4-3-5-7-12/h3-7,9-10,13H,8H2,1-2H3. The fourth-order valence-electron chi connectivity index (χ4n) is 2.20. The maximum atomic E-state index is 5.49. The van der Waals surface area contributed by atoms with Crippen molar-refractivity contribution < 1.29 is 9.26 Å². The van der Waals surface area contributed by atoms with Crippen molar-refractivity contribution in [3.63, 3.8) is 0 Å². The number of rotatable bonds is 5. The van der Waals surface area contributed by atoms with E-state index in [9.17, 15) is 0 Å². The summed E-state index contributed by atoms with van der Waals surface area (Å²) < 4.78 is 10.8. The number of aromatic nitrogens is 4. The summed E-state index contributed by atoms with van der Waals surface area (Å²) in [4.78, 5) is 12.6. The van der Waals surface area contributed by atoms with Gasteiger partial charge in [0.25, 0.3) is 5.89 Å². The van der Waals surface area contributed by atoms with Gasteiger partial charge < -0.3 is 9.26 Å². The first-order chi connectivity index (χ1) is 10.8. The summed E-state index contributed by atoms with van der Waals surface area (Å²) in [7, 11) is 1.63. The Morgan fingerprint density at radius 2 is 2.05 bits per heavy atom. The van der Waals surface area contributed by atoms with Crippen LogP contribution >= 0.6 is 0 Å². The van der Waals surface area contributed by atoms with Crippen molar-refractivity contribution >= 4 is 0 Å². The molecule has 0 N–H and O–H groups in total. The van der Waals surface area contributed by atoms with Crippen molar-refractivity contribution in [1.82, 2.24) is 20.1 Å². The lowest BCUT2D eigenvalue weighted by Crippen LogP contribution is -2.06. The van der Waals surface area contributed by atoms with Gasteiger partial charge in [-0.3, -0.25) is 0 Å². The van der Waals surface area contributed by atoms with Crippen LogP contribution in [0.5, 0.6) is 0 Å². The third-order valence-corrected chi connectivity index (χ3v) is 3.37. The molecule has 112 valence electrons. The van der Waals surface area contributed by atoms with Gasteiger partial charge in [0.2, 0.25) is 5.82 Å². The number of ether oxygens (including phenoxy) is 1. The Morgan fingerprint density at radius 1 is 1.23 bits per heavy atom. The van der Waals surface area contributed by atoms with Crippen LogP contribution in [0.1, 0.15) is 23.1 Å². The fraction of sp³-hybridized carbons (Fsp3) is 0.250. The molecule has 1 aromatic carbocycles. The van der Waals surface area contributed by atoms with E-state index in [0.29, 0.717) is 23.8 Å². The van der Waals surface area contributed by atoms with Gasteiger partial charge in [-0.05, 0) is 18.1 Å². The molecular weight excluding hydrogens is 280 g/mol. The minimum Gasteiger partial charge on any atom is -0.371 e. The fourth-order valence-corrected chi connectivity index (χ4v) is 2.20. The zero-order chi connectivity index (χ0) is 15.4. The lowest BCUT2D eigenvalue weighted by atomic mass is 10.1. The molecule has 0 aliphatic rings. The molecule has 6 heteroatoms. The minimum absolute atomic E-state index is 0.286. The van der Waals surface area contributed by atoms with E-state index in [-0.39, 0.29) is 6.10 Å². The van der Waals surface area contributed by atoms with Crippen molar-refractivity contribution in [3.05, 3.63) is 59.9 Å². The Morgan fingerprint density at radius 3 is 2.77 bits per heavy atom. The second-order valence-electron chi connectivity index (χ2n) is 4.92. The van der Waals surface area contributed by atoms with Gasteiger partial charge in [-0.1, -0.05) is 35.5 Å². The Balaban J connectivity index is 1.84. The lowest BCUT2D eigenvalue weighted by molar-refractivity contribution is 0.0738. The van der Waals surface area contributed by atoms with E-state index in [1.807, 2.05) is 37.3 Å². The molecule has 0 aliphatic heterocycles. The predicted molar refractivity (Wildman–Crippen MR) is 80.0 cm³/mol. The predicted octanol–water partition coefficient (Wildman–Crippen LogP) is 2.77. The molecule has 2 aromatic heterocycles. The molecule has 3 aromatic rings. The highest BCUT2D eigenvalue weighted by molar-refractivity contribution is 5.52. The summed E-state index contributed by atoms with van der Waals surface area (Å²) in [6, 6.07) is 10.0. The highest BCUT2D eigenvalue weighted by Crippen LogP contribution is 2.23. The van der Waals surface area contributed by atoms with Gasteiger partial charge in [0.15, 0.2) is 0 Å². The van der Waals surface area contributed by atoms with Crippen LogP contribution < -0.4 is 0 Å². The molecule has 0 bridgehead atoms. The van der Waals surface area contributed by atoms with Gasteiger partial charge in [0.1, 0.15) is 18.1 Å². The van der Waals surface area contributed by atoms with Crippen molar-refractivity contribution in [2.45, 2.75) is 19.4 Å². The smallest absolute Gasteiger partial charge is 0.256 e. The number of nitrogens with zero attached hydrogens (tertiary/aromatic N) is 4. The minimum atomic E-state index is -0.286. The number of methoxy groups -OCH3 is 1. The maximum absolute atomic E-state index is 5.49. The van der Waals surface area contributed by atoms with Crippen molar-refractivity contribution in [1.29, 1.82) is 0 Å². The Kier molecular flexibility index (Phi) is 4.20. The number of aryl methyl sites for hydroxylation is 1. The van der Waals surface area contributed by atoms with Crippen LogP contribution in [0.25, 0.3) is 11.5 Å². The molecule has 1 unspecified atom stereocenters. The zero-order valence-electron chi connectivity index (χ0n) is 12.4. The summed E-state index contributed by atoms with van der Waals surface area (Å²) in [5.41, 5.74) is 2.71. The van der Waals surface area contributed by atoms with E-state index in [4.69, 9.17) is 9.26 Å². The summed E-state index contributed by atoms with van der Waals surface area (Å²) >= 11 is 0. The number of hydrogen-bond acceptors (Lipinski definition) is 6. The molecule has 0 aliphatic carbocycles. The van der Waals surface area contributed by atoms with Crippen molar-refractivity contribution in [2.24, 2.45) is 0 Å². The molecule has 1 atom stereocenters. The maximum Gasteiger partial charge on any atom is 0.256 e. The van der Waals surface area contributed by atoms with Gasteiger partial charge in [-0.15, -0.1) is 0 Å². The van der Waals surface area contributed by atoms with Crippen molar-refractivity contribution in [3.8, 4) is 11.5 Å². The van der Waals surface area contributed by atoms with E-state index in [1.54, 1.807) is 13.3 Å². The normalized spacial score (nSPS) is 12.3. The number of hydrogen-bond donors (Lipinski definition) is 0. The third kappa shape index (κ3) is 3.01. The molecule has 0 spiro atoms. The van der Waals surface area contributed by atoms with Gasteiger partial charge in [-0.25, -0.2) is 9.97 Å². The molecule has 6 nitrogen and oxygen atoms in total. The van der Waals surface area contributed by atoms with Crippen LogP contribution in [0.15, 0.2) is 47.4 Å². The Labute approximate surface area is 128 Å². The van der Waals surface area contributed by atoms with E-state index >= 15 is 0 Å². The summed E-state index contributed by atoms with van der Waals surface area (Å²) in [6.07, 6.45) is 3.57. The summed E-state index contributed by atoms with van der Waals surface area (Å²) in [5, 5.41) is 4.00. The van der Waals surface area contributed by atoms with E-state index < -0.39 is 0 Å². The monoisotopic (exact) mass is 296 g/mol. The van der Waals surface area contributed by atoms with Gasteiger partial charge in [0.05, 0.1) is 0 Å². The van der Waals surface area contributed by atoms with E-state index in [2.05, 4.69) is 20.1 Å². The van der Waals surface area contributed by atoms with E-state index in [0.717, 1.165) is 11.1 Å². The average molecular weight is 296 g/mol. The van der Waals surface area contributed by atoms with Crippen LogP contribution in [0, 0.1) is 6.92 Å². The van der Waals surface area contributed by atoms with Crippen LogP contribution in [0.2, 0.25) is 0 Å². The number of benzene rings is 1. The van der Waals surface area contributed by atoms with Gasteiger partial charge in [0, 0.05) is 19.7 Å². The van der Waals surface area contributed by atoms with Gasteiger partial charge >= 0.3 is 0 Å². The second kappa shape index (κ2) is 6.44. The first kappa shape index (κ1) is 14.3. The Hall–Kier alpha value is -2.60. The van der Waals surface area contributed by atoms with E-state index in [1.165, 1.54) is 6.33 Å². The van der Waals surface area contributed by atoms with Crippen LogP contribution in [0.4, 0.5) is 0 Å². The highest BCUT2D eigenvalue weighted by Gasteiger charge is 2.20. The lowest BCUT2D eigenvalue weighted by Gasteiger charge is -2.10. The van der Waals surface area contributed by atoms with Crippen LogP contribution in [0.3, 0.4) is 0 Å². The van der Waals surface area contributed by atoms with Crippen LogP contribution in [-0.2, 0) is 11.2 Å². The van der Waals surface area contributed by atoms with Crippen molar-refractivity contribution in [2.75, 3.05) is 7.11 Å². The molecule has 0 saturated carbocycles. The van der Waals surface area contributed by atoms with Crippen LogP contribution in [-0.4, -0.2) is 27.2 Å². The largest absolute Gasteiger partial charge is 0.371 e.